The predicted molar refractivity (Wildman–Crippen MR) is 117 cm³/mol. The Morgan fingerprint density at radius 2 is 1.66 bits per heavy atom. The van der Waals surface area contributed by atoms with Crippen molar-refractivity contribution < 1.29 is 32.6 Å². The highest BCUT2D eigenvalue weighted by Gasteiger charge is 2.17. The number of aromatic hydroxyl groups is 1. The minimum atomic E-state index is -3.81. The summed E-state index contributed by atoms with van der Waals surface area (Å²) in [5.74, 6) is 0.0518. The van der Waals surface area contributed by atoms with Crippen LogP contribution in [0.15, 0.2) is 47.4 Å². The first-order chi connectivity index (χ1) is 15.3. The molecule has 0 aliphatic rings. The SMILES string of the molecule is COc1ccc(S(=O)(=O)NCCC(=O)NCCCNC(=O)c2cccc(O)c2)cc1OC. The van der Waals surface area contributed by atoms with E-state index in [1.165, 1.54) is 44.6 Å². The molecule has 0 atom stereocenters. The molecule has 2 amide bonds. The Morgan fingerprint density at radius 1 is 0.938 bits per heavy atom. The van der Waals surface area contributed by atoms with Crippen molar-refractivity contribution in [1.82, 2.24) is 15.4 Å². The molecule has 0 unspecified atom stereocenters. The summed E-state index contributed by atoms with van der Waals surface area (Å²) in [5.41, 5.74) is 0.343. The number of phenolic OH excluding ortho intramolecular Hbond substituents is 1. The van der Waals surface area contributed by atoms with Crippen molar-refractivity contribution in [2.24, 2.45) is 0 Å². The summed E-state index contributed by atoms with van der Waals surface area (Å²) >= 11 is 0. The molecule has 2 aromatic carbocycles. The van der Waals surface area contributed by atoms with E-state index in [-0.39, 0.29) is 41.2 Å². The molecule has 0 heterocycles. The number of sulfonamides is 1. The average molecular weight is 466 g/mol. The zero-order chi connectivity index (χ0) is 23.6. The molecule has 0 aliphatic heterocycles. The van der Waals surface area contributed by atoms with E-state index >= 15 is 0 Å². The maximum absolute atomic E-state index is 12.4. The van der Waals surface area contributed by atoms with Crippen molar-refractivity contribution >= 4 is 21.8 Å². The van der Waals surface area contributed by atoms with Crippen molar-refractivity contribution in [2.75, 3.05) is 33.9 Å². The highest BCUT2D eigenvalue weighted by atomic mass is 32.2. The van der Waals surface area contributed by atoms with Crippen LogP contribution in [0.25, 0.3) is 0 Å². The Labute approximate surface area is 187 Å². The highest BCUT2D eigenvalue weighted by molar-refractivity contribution is 7.89. The first kappa shape index (κ1) is 25.0. The van der Waals surface area contributed by atoms with Crippen molar-refractivity contribution in [1.29, 1.82) is 0 Å². The Hall–Kier alpha value is -3.31. The van der Waals surface area contributed by atoms with Crippen LogP contribution in [0.1, 0.15) is 23.2 Å². The van der Waals surface area contributed by atoms with Gasteiger partial charge in [0.15, 0.2) is 11.5 Å². The van der Waals surface area contributed by atoms with Gasteiger partial charge in [0, 0.05) is 37.7 Å². The highest BCUT2D eigenvalue weighted by Crippen LogP contribution is 2.29. The number of hydrogen-bond acceptors (Lipinski definition) is 7. The van der Waals surface area contributed by atoms with Crippen molar-refractivity contribution in [3.8, 4) is 17.2 Å². The topological polar surface area (TPSA) is 143 Å². The summed E-state index contributed by atoms with van der Waals surface area (Å²) < 4.78 is 37.3. The summed E-state index contributed by atoms with van der Waals surface area (Å²) in [4.78, 5) is 23.8. The fraction of sp³-hybridized carbons (Fsp3) is 0.333. The third-order valence-corrected chi connectivity index (χ3v) is 5.84. The summed E-state index contributed by atoms with van der Waals surface area (Å²) in [6, 6.07) is 10.2. The van der Waals surface area contributed by atoms with E-state index in [0.717, 1.165) is 0 Å². The lowest BCUT2D eigenvalue weighted by Crippen LogP contribution is -2.32. The van der Waals surface area contributed by atoms with Gasteiger partial charge in [-0.25, -0.2) is 13.1 Å². The van der Waals surface area contributed by atoms with E-state index in [1.54, 1.807) is 12.1 Å². The second-order valence-electron chi connectivity index (χ2n) is 6.67. The summed E-state index contributed by atoms with van der Waals surface area (Å²) in [6.07, 6.45) is 0.454. The summed E-state index contributed by atoms with van der Waals surface area (Å²) in [5, 5.41) is 14.7. The molecule has 32 heavy (non-hydrogen) atoms. The van der Waals surface area contributed by atoms with Gasteiger partial charge in [0.1, 0.15) is 5.75 Å². The van der Waals surface area contributed by atoms with E-state index in [4.69, 9.17) is 9.47 Å². The molecule has 0 radical (unpaired) electrons. The largest absolute Gasteiger partial charge is 0.508 e. The number of methoxy groups -OCH3 is 2. The Balaban J connectivity index is 1.68. The molecule has 0 saturated heterocycles. The number of rotatable bonds is 12. The predicted octanol–water partition coefficient (Wildman–Crippen LogP) is 1.01. The van der Waals surface area contributed by atoms with Gasteiger partial charge in [0.2, 0.25) is 15.9 Å². The normalized spacial score (nSPS) is 10.9. The molecule has 4 N–H and O–H groups in total. The molecule has 174 valence electrons. The lowest BCUT2D eigenvalue weighted by atomic mass is 10.2. The third kappa shape index (κ3) is 7.43. The maximum Gasteiger partial charge on any atom is 0.251 e. The van der Waals surface area contributed by atoms with E-state index in [0.29, 0.717) is 30.8 Å². The molecule has 0 spiro atoms. The minimum Gasteiger partial charge on any atom is -0.508 e. The van der Waals surface area contributed by atoms with Crippen LogP contribution < -0.4 is 24.8 Å². The van der Waals surface area contributed by atoms with Crippen LogP contribution in [0, 0.1) is 0 Å². The Kier molecular flexibility index (Phi) is 9.29. The van der Waals surface area contributed by atoms with Crippen LogP contribution in [0.5, 0.6) is 17.2 Å². The average Bonchev–Trinajstić information content (AvgIpc) is 2.78. The molecule has 10 nitrogen and oxygen atoms in total. The molecule has 11 heteroatoms. The number of carbonyl (C=O) groups is 2. The molecule has 2 aromatic rings. The number of benzene rings is 2. The second kappa shape index (κ2) is 11.9. The number of phenols is 1. The van der Waals surface area contributed by atoms with Gasteiger partial charge < -0.3 is 25.2 Å². The van der Waals surface area contributed by atoms with Crippen molar-refractivity contribution in [3.05, 3.63) is 48.0 Å². The van der Waals surface area contributed by atoms with E-state index in [9.17, 15) is 23.1 Å². The molecule has 0 aromatic heterocycles. The van der Waals surface area contributed by atoms with Gasteiger partial charge in [-0.15, -0.1) is 0 Å². The molecule has 0 saturated carbocycles. The fourth-order valence-corrected chi connectivity index (χ4v) is 3.77. The first-order valence-corrected chi connectivity index (χ1v) is 11.3. The number of carbonyl (C=O) groups excluding carboxylic acids is 2. The van der Waals surface area contributed by atoms with Gasteiger partial charge in [-0.3, -0.25) is 9.59 Å². The van der Waals surface area contributed by atoms with Gasteiger partial charge >= 0.3 is 0 Å². The Morgan fingerprint density at radius 3 is 2.34 bits per heavy atom. The molecule has 0 fully saturated rings. The van der Waals surface area contributed by atoms with Gasteiger partial charge in [0.25, 0.3) is 5.91 Å². The van der Waals surface area contributed by atoms with Crippen molar-refractivity contribution in [2.45, 2.75) is 17.7 Å². The number of nitrogens with one attached hydrogen (secondary N) is 3. The van der Waals surface area contributed by atoms with Gasteiger partial charge in [-0.1, -0.05) is 6.07 Å². The molecular formula is C21H27N3O7S. The standard InChI is InChI=1S/C21H27N3O7S/c1-30-18-8-7-17(14-19(18)31-2)32(28,29)24-12-9-20(26)22-10-4-11-23-21(27)15-5-3-6-16(25)13-15/h3,5-8,13-14,24-25H,4,9-12H2,1-2H3,(H,22,26)(H,23,27). The maximum atomic E-state index is 12.4. The number of ether oxygens (including phenoxy) is 2. The van der Waals surface area contributed by atoms with Crippen LogP contribution in [-0.4, -0.2) is 59.2 Å². The summed E-state index contributed by atoms with van der Waals surface area (Å²) in [6.45, 7) is 0.582. The van der Waals surface area contributed by atoms with Crippen LogP contribution in [0.4, 0.5) is 0 Å². The first-order valence-electron chi connectivity index (χ1n) is 9.82. The van der Waals surface area contributed by atoms with Crippen molar-refractivity contribution in [3.63, 3.8) is 0 Å². The van der Waals surface area contributed by atoms with E-state index in [1.807, 2.05) is 0 Å². The number of hydrogen-bond donors (Lipinski definition) is 4. The van der Waals surface area contributed by atoms with Crippen LogP contribution in [-0.2, 0) is 14.8 Å². The van der Waals surface area contributed by atoms with E-state index < -0.39 is 10.0 Å². The molecule has 0 aliphatic carbocycles. The summed E-state index contributed by atoms with van der Waals surface area (Å²) in [7, 11) is -0.956. The Bertz CT molecular complexity index is 1040. The quantitative estimate of drug-likeness (QED) is 0.343. The monoisotopic (exact) mass is 465 g/mol. The second-order valence-corrected chi connectivity index (χ2v) is 8.44. The van der Waals surface area contributed by atoms with Gasteiger partial charge in [0.05, 0.1) is 19.1 Å². The minimum absolute atomic E-state index is 0.00182. The fourth-order valence-electron chi connectivity index (χ4n) is 2.72. The van der Waals surface area contributed by atoms with Crippen LogP contribution in [0.2, 0.25) is 0 Å². The zero-order valence-corrected chi connectivity index (χ0v) is 18.7. The molecule has 2 rings (SSSR count). The van der Waals surface area contributed by atoms with Crippen LogP contribution in [0.3, 0.4) is 0 Å². The smallest absolute Gasteiger partial charge is 0.251 e. The lowest BCUT2D eigenvalue weighted by molar-refractivity contribution is -0.120. The lowest BCUT2D eigenvalue weighted by Gasteiger charge is -2.11. The zero-order valence-electron chi connectivity index (χ0n) is 17.9. The van der Waals surface area contributed by atoms with Gasteiger partial charge in [-0.05, 0) is 36.8 Å². The molecular weight excluding hydrogens is 438 g/mol. The third-order valence-electron chi connectivity index (χ3n) is 4.38. The number of amides is 2. The molecule has 0 bridgehead atoms. The van der Waals surface area contributed by atoms with Gasteiger partial charge in [-0.2, -0.15) is 0 Å². The van der Waals surface area contributed by atoms with Crippen LogP contribution >= 0.6 is 0 Å². The van der Waals surface area contributed by atoms with E-state index in [2.05, 4.69) is 15.4 Å².